The van der Waals surface area contributed by atoms with Crippen molar-refractivity contribution in [1.82, 2.24) is 4.90 Å². The van der Waals surface area contributed by atoms with Gasteiger partial charge < -0.3 is 24.6 Å². The number of hydrogen-bond acceptors (Lipinski definition) is 7. The Morgan fingerprint density at radius 3 is 2.59 bits per heavy atom. The number of phenols is 1. The summed E-state index contributed by atoms with van der Waals surface area (Å²) in [7, 11) is -1.06. The molecule has 4 atom stereocenters. The van der Waals surface area contributed by atoms with E-state index in [1.54, 1.807) is 18.2 Å². The van der Waals surface area contributed by atoms with E-state index >= 15 is 0 Å². The molecule has 0 unspecified atom stereocenters. The number of carbonyl (C=O) groups excluding carboxylic acids is 2. The van der Waals surface area contributed by atoms with E-state index in [9.17, 15) is 24.5 Å². The molecule has 10 heteroatoms. The molecule has 2 aromatic carbocycles. The topological polar surface area (TPSA) is 134 Å². The monoisotopic (exact) mass is 601 g/mol. The molecule has 3 aliphatic rings. The third-order valence-electron chi connectivity index (χ3n) is 8.91. The van der Waals surface area contributed by atoms with Crippen molar-refractivity contribution >= 4 is 31.0 Å². The molecule has 2 fully saturated rings. The average molecular weight is 602 g/mol. The fourth-order valence-electron chi connectivity index (χ4n) is 6.92. The van der Waals surface area contributed by atoms with Crippen molar-refractivity contribution in [2.45, 2.75) is 64.3 Å². The number of nitrogens with zero attached hydrogens (tertiary/aromatic N) is 1. The molecular formula is C34H40BNO8. The summed E-state index contributed by atoms with van der Waals surface area (Å²) in [5.74, 6) is -1.80. The largest absolute Gasteiger partial charge is 0.508 e. The first kappa shape index (κ1) is 31.5. The standard InChI is InChI=1S/C34H40BNO8/c1-22(17-23-9-8-10-25(37)18-23)14-15-29-31-24(21-43-26-11-4-2-5-12-26)19-27-32(28(31)20-35(42)44-29)34(41)36(33(27)40)16-7-3-6-13-30(38)39/h2,4-5,8-12,17-18,27-29,32,37,42H,3,6-7,13-16,19-21H2,1H3,(H,38,39)/b22-17+/t27-,28+,29-,32-/m1/s1. The first-order chi connectivity index (χ1) is 21.2. The van der Waals surface area contributed by atoms with Gasteiger partial charge in [-0.05, 0) is 92.2 Å². The Hall–Kier alpha value is -3.89. The Morgan fingerprint density at radius 1 is 1.05 bits per heavy atom. The zero-order valence-electron chi connectivity index (χ0n) is 25.1. The molecule has 2 aromatic rings. The second kappa shape index (κ2) is 14.3. The lowest BCUT2D eigenvalue weighted by atomic mass is 9.58. The first-order valence-electron chi connectivity index (χ1n) is 15.5. The number of imide groups is 1. The number of fused-ring (bicyclic) bond motifs is 3. The zero-order chi connectivity index (χ0) is 31.2. The summed E-state index contributed by atoms with van der Waals surface area (Å²) < 4.78 is 12.3. The Kier molecular flexibility index (Phi) is 10.2. The molecule has 3 N–H and O–H groups in total. The normalized spacial score (nSPS) is 23.5. The van der Waals surface area contributed by atoms with Crippen molar-refractivity contribution in [2.75, 3.05) is 13.2 Å². The van der Waals surface area contributed by atoms with Crippen molar-refractivity contribution < 1.29 is 39.0 Å². The van der Waals surface area contributed by atoms with Gasteiger partial charge in [-0.3, -0.25) is 19.3 Å². The highest BCUT2D eigenvalue weighted by atomic mass is 16.5. The van der Waals surface area contributed by atoms with Crippen LogP contribution in [-0.4, -0.2) is 64.3 Å². The van der Waals surface area contributed by atoms with Crippen molar-refractivity contribution in [2.24, 2.45) is 17.8 Å². The molecule has 0 bridgehead atoms. The molecule has 0 saturated carbocycles. The lowest BCUT2D eigenvalue weighted by Gasteiger charge is -2.43. The Morgan fingerprint density at radius 2 is 1.84 bits per heavy atom. The maximum atomic E-state index is 13.8. The van der Waals surface area contributed by atoms with E-state index in [4.69, 9.17) is 14.5 Å². The minimum absolute atomic E-state index is 0.0645. The van der Waals surface area contributed by atoms with Crippen LogP contribution in [0.5, 0.6) is 11.5 Å². The smallest absolute Gasteiger partial charge is 0.455 e. The number of carbonyl (C=O) groups is 3. The summed E-state index contributed by atoms with van der Waals surface area (Å²) in [4.78, 5) is 39.6. The van der Waals surface area contributed by atoms with Crippen LogP contribution in [0.1, 0.15) is 57.4 Å². The summed E-state index contributed by atoms with van der Waals surface area (Å²) in [5.41, 5.74) is 3.87. The van der Waals surface area contributed by atoms with Crippen LogP contribution in [0, 0.1) is 17.8 Å². The fraction of sp³-hybridized carbons (Fsp3) is 0.441. The molecule has 44 heavy (non-hydrogen) atoms. The van der Waals surface area contributed by atoms with Gasteiger partial charge in [0.25, 0.3) is 0 Å². The van der Waals surface area contributed by atoms with Gasteiger partial charge in [0.2, 0.25) is 11.8 Å². The molecule has 2 heterocycles. The summed E-state index contributed by atoms with van der Waals surface area (Å²) >= 11 is 0. The van der Waals surface area contributed by atoms with E-state index in [0.717, 1.165) is 22.3 Å². The van der Waals surface area contributed by atoms with Crippen LogP contribution in [0.25, 0.3) is 6.08 Å². The molecule has 232 valence electrons. The number of allylic oxidation sites excluding steroid dienone is 1. The number of aromatic hydroxyl groups is 1. The zero-order valence-corrected chi connectivity index (χ0v) is 25.1. The maximum absolute atomic E-state index is 13.8. The number of rotatable bonds is 13. The highest BCUT2D eigenvalue weighted by Gasteiger charge is 2.57. The predicted molar refractivity (Wildman–Crippen MR) is 166 cm³/mol. The molecule has 2 saturated heterocycles. The van der Waals surface area contributed by atoms with Gasteiger partial charge in [-0.2, -0.15) is 0 Å². The third kappa shape index (κ3) is 7.42. The highest BCUT2D eigenvalue weighted by molar-refractivity contribution is 6.43. The van der Waals surface area contributed by atoms with E-state index in [2.05, 4.69) is 0 Å². The third-order valence-corrected chi connectivity index (χ3v) is 8.91. The van der Waals surface area contributed by atoms with Crippen LogP contribution in [0.3, 0.4) is 0 Å². The molecule has 2 amide bonds. The number of carboxylic acids is 1. The molecular weight excluding hydrogens is 561 g/mol. The van der Waals surface area contributed by atoms with Gasteiger partial charge >= 0.3 is 13.1 Å². The lowest BCUT2D eigenvalue weighted by Crippen LogP contribution is -2.46. The number of hydrogen-bond donors (Lipinski definition) is 3. The molecule has 0 spiro atoms. The number of amides is 2. The number of ether oxygens (including phenoxy) is 1. The van der Waals surface area contributed by atoms with E-state index in [0.29, 0.717) is 44.3 Å². The summed E-state index contributed by atoms with van der Waals surface area (Å²) in [6.07, 6.45) is 5.15. The molecule has 5 rings (SSSR count). The number of aliphatic carboxylic acids is 1. The molecule has 0 aromatic heterocycles. The molecule has 2 aliphatic heterocycles. The summed E-state index contributed by atoms with van der Waals surface area (Å²) in [5, 5.41) is 29.6. The Balaban J connectivity index is 1.38. The van der Waals surface area contributed by atoms with Gasteiger partial charge in [-0.25, -0.2) is 0 Å². The van der Waals surface area contributed by atoms with Crippen molar-refractivity contribution in [1.29, 1.82) is 0 Å². The SMILES string of the molecule is C/C(=C\c1cccc(O)c1)CC[C@H]1OB(O)C[C@H]2C1=C(COc1ccccc1)C[C@H]1C(=O)N(CCCCCC(=O)O)C(=O)[C@H]12. The summed E-state index contributed by atoms with van der Waals surface area (Å²) in [6.45, 7) is 2.53. The maximum Gasteiger partial charge on any atom is 0.455 e. The fourth-order valence-corrected chi connectivity index (χ4v) is 6.92. The van der Waals surface area contributed by atoms with Crippen molar-refractivity contribution in [3.8, 4) is 11.5 Å². The van der Waals surface area contributed by atoms with Gasteiger partial charge in [0.05, 0.1) is 17.9 Å². The molecule has 0 radical (unpaired) electrons. The average Bonchev–Trinajstić information content (AvgIpc) is 3.23. The number of likely N-dealkylation sites (tertiary alicyclic amines) is 1. The van der Waals surface area contributed by atoms with E-state index in [1.165, 1.54) is 4.90 Å². The van der Waals surface area contributed by atoms with Crippen LogP contribution in [0.4, 0.5) is 0 Å². The second-order valence-corrected chi connectivity index (χ2v) is 12.1. The number of phenolic OH excluding ortho intramolecular Hbond substituents is 1. The van der Waals surface area contributed by atoms with Gasteiger partial charge in [0.1, 0.15) is 18.1 Å². The highest BCUT2D eigenvalue weighted by Crippen LogP contribution is 2.50. The second-order valence-electron chi connectivity index (χ2n) is 12.1. The Labute approximate surface area is 258 Å². The minimum Gasteiger partial charge on any atom is -0.508 e. The van der Waals surface area contributed by atoms with Gasteiger partial charge in [0, 0.05) is 13.0 Å². The van der Waals surface area contributed by atoms with Crippen LogP contribution in [-0.2, 0) is 19.0 Å². The van der Waals surface area contributed by atoms with Gasteiger partial charge in [-0.15, -0.1) is 0 Å². The van der Waals surface area contributed by atoms with Crippen LogP contribution >= 0.6 is 0 Å². The lowest BCUT2D eigenvalue weighted by molar-refractivity contribution is -0.141. The summed E-state index contributed by atoms with van der Waals surface area (Å²) in [6, 6.07) is 16.5. The van der Waals surface area contributed by atoms with E-state index < -0.39 is 31.0 Å². The molecule has 1 aliphatic carbocycles. The van der Waals surface area contributed by atoms with Crippen LogP contribution in [0.15, 0.2) is 71.3 Å². The Bertz CT molecular complexity index is 1420. The van der Waals surface area contributed by atoms with Crippen LogP contribution < -0.4 is 4.74 Å². The van der Waals surface area contributed by atoms with E-state index in [-0.39, 0.29) is 49.4 Å². The quantitative estimate of drug-likeness (QED) is 0.125. The number of unbranched alkanes of at least 4 members (excludes halogenated alkanes) is 2. The number of carboxylic acid groups (broad SMARTS) is 1. The van der Waals surface area contributed by atoms with Crippen molar-refractivity contribution in [3.63, 3.8) is 0 Å². The first-order valence-corrected chi connectivity index (χ1v) is 15.5. The minimum atomic E-state index is -1.06. The van der Waals surface area contributed by atoms with Crippen LogP contribution in [0.2, 0.25) is 6.32 Å². The van der Waals surface area contributed by atoms with Crippen molar-refractivity contribution in [3.05, 3.63) is 76.9 Å². The molecule has 9 nitrogen and oxygen atoms in total. The predicted octanol–water partition coefficient (Wildman–Crippen LogP) is 5.10. The number of benzene rings is 2. The van der Waals surface area contributed by atoms with Gasteiger partial charge in [0.15, 0.2) is 0 Å². The van der Waals surface area contributed by atoms with E-state index in [1.807, 2.05) is 49.4 Å². The van der Waals surface area contributed by atoms with Gasteiger partial charge in [-0.1, -0.05) is 48.4 Å². The number of para-hydroxylation sites is 1.